The molecule has 0 aromatic heterocycles. The summed E-state index contributed by atoms with van der Waals surface area (Å²) >= 11 is 0. The molecule has 0 aromatic carbocycles. The molecule has 58 valence electrons. The SMILES string of the molecule is CC(C)C=CC1CCCC1. The van der Waals surface area contributed by atoms with Gasteiger partial charge in [-0.15, -0.1) is 0 Å². The molecule has 1 aliphatic rings. The van der Waals surface area contributed by atoms with E-state index in [0.717, 1.165) is 11.8 Å². The van der Waals surface area contributed by atoms with E-state index in [1.54, 1.807) is 0 Å². The summed E-state index contributed by atoms with van der Waals surface area (Å²) in [6.07, 6.45) is 10.5. The molecular formula is C10H18. The largest absolute Gasteiger partial charge is 0.0857 e. The minimum Gasteiger partial charge on any atom is -0.0857 e. The van der Waals surface area contributed by atoms with E-state index >= 15 is 0 Å². The van der Waals surface area contributed by atoms with Crippen LogP contribution in [0.15, 0.2) is 12.2 Å². The Hall–Kier alpha value is -0.260. The molecule has 0 N–H and O–H groups in total. The highest BCUT2D eigenvalue weighted by atomic mass is 14.2. The molecule has 0 bridgehead atoms. The molecule has 1 fully saturated rings. The first-order valence-electron chi connectivity index (χ1n) is 4.47. The van der Waals surface area contributed by atoms with Crippen molar-refractivity contribution in [3.8, 4) is 0 Å². The zero-order valence-corrected chi connectivity index (χ0v) is 7.14. The predicted molar refractivity (Wildman–Crippen MR) is 45.9 cm³/mol. The molecule has 0 radical (unpaired) electrons. The van der Waals surface area contributed by atoms with Crippen LogP contribution in [-0.4, -0.2) is 0 Å². The third-order valence-electron chi connectivity index (χ3n) is 2.17. The van der Waals surface area contributed by atoms with Crippen LogP contribution in [0.4, 0.5) is 0 Å². The molecule has 1 rings (SSSR count). The van der Waals surface area contributed by atoms with Crippen molar-refractivity contribution in [3.05, 3.63) is 12.2 Å². The second-order valence-corrected chi connectivity index (χ2v) is 3.67. The van der Waals surface area contributed by atoms with Crippen LogP contribution in [0.3, 0.4) is 0 Å². The highest BCUT2D eigenvalue weighted by Gasteiger charge is 2.10. The van der Waals surface area contributed by atoms with Gasteiger partial charge in [-0.05, 0) is 24.7 Å². The first kappa shape index (κ1) is 7.84. The molecule has 10 heavy (non-hydrogen) atoms. The second-order valence-electron chi connectivity index (χ2n) is 3.67. The van der Waals surface area contributed by atoms with E-state index in [4.69, 9.17) is 0 Å². The van der Waals surface area contributed by atoms with Gasteiger partial charge in [0.1, 0.15) is 0 Å². The van der Waals surface area contributed by atoms with E-state index in [-0.39, 0.29) is 0 Å². The molecule has 0 atom stereocenters. The van der Waals surface area contributed by atoms with E-state index in [1.165, 1.54) is 25.7 Å². The maximum atomic E-state index is 2.41. The van der Waals surface area contributed by atoms with E-state index < -0.39 is 0 Å². The first-order chi connectivity index (χ1) is 4.79. The summed E-state index contributed by atoms with van der Waals surface area (Å²) in [6, 6.07) is 0. The summed E-state index contributed by atoms with van der Waals surface area (Å²) in [7, 11) is 0. The standard InChI is InChI=1S/C10H18/c1-9(2)7-8-10-5-3-4-6-10/h7-10H,3-6H2,1-2H3. The van der Waals surface area contributed by atoms with Crippen molar-refractivity contribution in [3.63, 3.8) is 0 Å². The van der Waals surface area contributed by atoms with Crippen LogP contribution in [0.25, 0.3) is 0 Å². The Kier molecular flexibility index (Phi) is 2.98. The lowest BCUT2D eigenvalue weighted by Crippen LogP contribution is -1.87. The molecule has 0 unspecified atom stereocenters. The molecule has 0 amide bonds. The van der Waals surface area contributed by atoms with Gasteiger partial charge in [-0.25, -0.2) is 0 Å². The van der Waals surface area contributed by atoms with Gasteiger partial charge >= 0.3 is 0 Å². The highest BCUT2D eigenvalue weighted by Crippen LogP contribution is 2.25. The van der Waals surface area contributed by atoms with Crippen LogP contribution in [0.2, 0.25) is 0 Å². The van der Waals surface area contributed by atoms with Crippen LogP contribution in [0.5, 0.6) is 0 Å². The van der Waals surface area contributed by atoms with Crippen LogP contribution in [-0.2, 0) is 0 Å². The maximum Gasteiger partial charge on any atom is -0.0233 e. The third kappa shape index (κ3) is 2.55. The summed E-state index contributed by atoms with van der Waals surface area (Å²) < 4.78 is 0. The summed E-state index contributed by atoms with van der Waals surface area (Å²) in [5, 5.41) is 0. The summed E-state index contributed by atoms with van der Waals surface area (Å²) in [4.78, 5) is 0. The van der Waals surface area contributed by atoms with Gasteiger partial charge in [-0.1, -0.05) is 38.8 Å². The topological polar surface area (TPSA) is 0 Å². The number of hydrogen-bond donors (Lipinski definition) is 0. The van der Waals surface area contributed by atoms with Gasteiger partial charge in [0.25, 0.3) is 0 Å². The lowest BCUT2D eigenvalue weighted by Gasteiger charge is -2.00. The number of allylic oxidation sites excluding steroid dienone is 2. The van der Waals surface area contributed by atoms with Crippen LogP contribution >= 0.6 is 0 Å². The third-order valence-corrected chi connectivity index (χ3v) is 2.17. The molecule has 0 heteroatoms. The highest BCUT2D eigenvalue weighted by molar-refractivity contribution is 4.92. The summed E-state index contributed by atoms with van der Waals surface area (Å²) in [5.41, 5.74) is 0. The molecule has 0 saturated heterocycles. The van der Waals surface area contributed by atoms with Crippen molar-refractivity contribution in [2.75, 3.05) is 0 Å². The molecule has 0 heterocycles. The van der Waals surface area contributed by atoms with Crippen LogP contribution in [0.1, 0.15) is 39.5 Å². The van der Waals surface area contributed by atoms with E-state index in [2.05, 4.69) is 26.0 Å². The minimum atomic E-state index is 0.737. The summed E-state index contributed by atoms with van der Waals surface area (Å²) in [5.74, 6) is 1.66. The fourth-order valence-corrected chi connectivity index (χ4v) is 1.53. The minimum absolute atomic E-state index is 0.737. The average molecular weight is 138 g/mol. The molecule has 0 spiro atoms. The van der Waals surface area contributed by atoms with Gasteiger partial charge in [0.05, 0.1) is 0 Å². The van der Waals surface area contributed by atoms with Gasteiger partial charge in [-0.3, -0.25) is 0 Å². The smallest absolute Gasteiger partial charge is 0.0233 e. The number of rotatable bonds is 2. The van der Waals surface area contributed by atoms with E-state index in [0.29, 0.717) is 0 Å². The normalized spacial score (nSPS) is 21.5. The Labute approximate surface area is 64.3 Å². The van der Waals surface area contributed by atoms with Gasteiger partial charge < -0.3 is 0 Å². The zero-order chi connectivity index (χ0) is 7.40. The van der Waals surface area contributed by atoms with Gasteiger partial charge in [0, 0.05) is 0 Å². The Morgan fingerprint density at radius 2 is 1.80 bits per heavy atom. The lowest BCUT2D eigenvalue weighted by molar-refractivity contribution is 0.674. The maximum absolute atomic E-state index is 2.41. The van der Waals surface area contributed by atoms with E-state index in [9.17, 15) is 0 Å². The zero-order valence-electron chi connectivity index (χ0n) is 7.14. The Morgan fingerprint density at radius 3 is 2.30 bits per heavy atom. The van der Waals surface area contributed by atoms with Gasteiger partial charge in [0.15, 0.2) is 0 Å². The lowest BCUT2D eigenvalue weighted by atomic mass is 10.1. The fourth-order valence-electron chi connectivity index (χ4n) is 1.53. The predicted octanol–water partition coefficient (Wildman–Crippen LogP) is 3.39. The fraction of sp³-hybridized carbons (Fsp3) is 0.800. The average Bonchev–Trinajstić information content (AvgIpc) is 2.34. The Balaban J connectivity index is 2.23. The second kappa shape index (κ2) is 3.80. The Morgan fingerprint density at radius 1 is 1.20 bits per heavy atom. The van der Waals surface area contributed by atoms with Crippen molar-refractivity contribution >= 4 is 0 Å². The van der Waals surface area contributed by atoms with Crippen molar-refractivity contribution in [1.82, 2.24) is 0 Å². The molecule has 0 aliphatic heterocycles. The molecule has 1 saturated carbocycles. The van der Waals surface area contributed by atoms with Crippen molar-refractivity contribution in [2.24, 2.45) is 11.8 Å². The Bertz CT molecular complexity index is 105. The first-order valence-corrected chi connectivity index (χ1v) is 4.47. The van der Waals surface area contributed by atoms with Crippen molar-refractivity contribution in [2.45, 2.75) is 39.5 Å². The van der Waals surface area contributed by atoms with Gasteiger partial charge in [-0.2, -0.15) is 0 Å². The van der Waals surface area contributed by atoms with Crippen molar-refractivity contribution in [1.29, 1.82) is 0 Å². The van der Waals surface area contributed by atoms with Crippen LogP contribution in [0, 0.1) is 11.8 Å². The molecule has 1 aliphatic carbocycles. The summed E-state index contributed by atoms with van der Waals surface area (Å²) in [6.45, 7) is 4.48. The van der Waals surface area contributed by atoms with Gasteiger partial charge in [0.2, 0.25) is 0 Å². The number of hydrogen-bond acceptors (Lipinski definition) is 0. The molecule has 0 nitrogen and oxygen atoms in total. The molecule has 0 aromatic rings. The van der Waals surface area contributed by atoms with E-state index in [1.807, 2.05) is 0 Å². The quantitative estimate of drug-likeness (QED) is 0.513. The monoisotopic (exact) mass is 138 g/mol. The van der Waals surface area contributed by atoms with Crippen molar-refractivity contribution < 1.29 is 0 Å². The van der Waals surface area contributed by atoms with Crippen LogP contribution < -0.4 is 0 Å². The molecular weight excluding hydrogens is 120 g/mol.